The van der Waals surface area contributed by atoms with Crippen molar-refractivity contribution in [1.29, 1.82) is 0 Å². The van der Waals surface area contributed by atoms with Gasteiger partial charge < -0.3 is 15.5 Å². The molecule has 5 nitrogen and oxygen atoms in total. The minimum absolute atomic E-state index is 0.232. The molecule has 2 aromatic rings. The van der Waals surface area contributed by atoms with Gasteiger partial charge in [-0.05, 0) is 49.7 Å². The lowest BCUT2D eigenvalue weighted by molar-refractivity contribution is 0.110. The zero-order valence-electron chi connectivity index (χ0n) is 16.3. The van der Waals surface area contributed by atoms with Gasteiger partial charge in [0.25, 0.3) is 0 Å². The molecule has 4 N–H and O–H groups in total. The van der Waals surface area contributed by atoms with Gasteiger partial charge in [-0.3, -0.25) is 5.73 Å². The van der Waals surface area contributed by atoms with Gasteiger partial charge in [-0.2, -0.15) is 0 Å². The minimum Gasteiger partial charge on any atom is -0.342 e. The molecule has 2 heterocycles. The van der Waals surface area contributed by atoms with Crippen LogP contribution in [0, 0.1) is 5.82 Å². The molecule has 2 unspecified atom stereocenters. The molecule has 2 aromatic carbocycles. The number of anilines is 1. The Morgan fingerprint density at radius 3 is 2.36 bits per heavy atom. The number of likely N-dealkylation sites (tertiary alicyclic amines) is 1. The number of hydrogen-bond donors (Lipinski definition) is 2. The van der Waals surface area contributed by atoms with E-state index in [4.69, 9.17) is 11.5 Å². The van der Waals surface area contributed by atoms with E-state index in [-0.39, 0.29) is 18.3 Å². The number of piperidine rings is 1. The molecule has 0 saturated carbocycles. The monoisotopic (exact) mass is 383 g/mol. The molecule has 2 atom stereocenters. The normalized spacial score (nSPS) is 23.6. The van der Waals surface area contributed by atoms with Crippen molar-refractivity contribution in [3.63, 3.8) is 0 Å². The van der Waals surface area contributed by atoms with E-state index in [0.717, 1.165) is 29.9 Å². The molecule has 6 heteroatoms. The van der Waals surface area contributed by atoms with E-state index < -0.39 is 0 Å². The van der Waals surface area contributed by atoms with Crippen LogP contribution < -0.4 is 16.4 Å². The summed E-state index contributed by atoms with van der Waals surface area (Å²) in [5.41, 5.74) is 16.5. The Bertz CT molecular complexity index is 775. The van der Waals surface area contributed by atoms with E-state index in [1.54, 1.807) is 12.1 Å². The molecule has 2 aliphatic rings. The third-order valence-corrected chi connectivity index (χ3v) is 5.97. The van der Waals surface area contributed by atoms with Crippen LogP contribution >= 0.6 is 0 Å². The van der Waals surface area contributed by atoms with Gasteiger partial charge in [-0.15, -0.1) is 0 Å². The lowest BCUT2D eigenvalue weighted by atomic mass is 10.0. The van der Waals surface area contributed by atoms with E-state index in [0.29, 0.717) is 6.54 Å². The summed E-state index contributed by atoms with van der Waals surface area (Å²) in [6.07, 6.45) is 3.29. The number of rotatable bonds is 5. The van der Waals surface area contributed by atoms with E-state index in [1.807, 2.05) is 12.1 Å². The highest BCUT2D eigenvalue weighted by atomic mass is 19.1. The number of hydrogen-bond acceptors (Lipinski definition) is 5. The first-order valence-electron chi connectivity index (χ1n) is 10.2. The van der Waals surface area contributed by atoms with Crippen LogP contribution in [0.3, 0.4) is 0 Å². The summed E-state index contributed by atoms with van der Waals surface area (Å²) in [7, 11) is 0. The van der Waals surface area contributed by atoms with Crippen molar-refractivity contribution < 1.29 is 4.39 Å². The summed E-state index contributed by atoms with van der Waals surface area (Å²) in [5.74, 6) is -0.232. The Morgan fingerprint density at radius 1 is 0.893 bits per heavy atom. The highest BCUT2D eigenvalue weighted by Crippen LogP contribution is 2.35. The van der Waals surface area contributed by atoms with Gasteiger partial charge in [0.2, 0.25) is 0 Å². The SMILES string of the molecule is NC1c2ccccc2N(CCN2CCCCC2)C(N)N1Cc1ccc(F)cc1. The summed E-state index contributed by atoms with van der Waals surface area (Å²) in [4.78, 5) is 6.88. The molecule has 28 heavy (non-hydrogen) atoms. The van der Waals surface area contributed by atoms with Gasteiger partial charge in [0.05, 0.1) is 6.17 Å². The maximum Gasteiger partial charge on any atom is 0.136 e. The van der Waals surface area contributed by atoms with Crippen LogP contribution in [0.5, 0.6) is 0 Å². The molecular weight excluding hydrogens is 353 g/mol. The van der Waals surface area contributed by atoms with Gasteiger partial charge in [-0.1, -0.05) is 36.8 Å². The van der Waals surface area contributed by atoms with E-state index in [2.05, 4.69) is 26.8 Å². The minimum atomic E-state index is -0.320. The summed E-state index contributed by atoms with van der Waals surface area (Å²) in [5, 5.41) is 0. The first kappa shape index (κ1) is 19.3. The highest BCUT2D eigenvalue weighted by molar-refractivity contribution is 5.57. The number of nitrogens with zero attached hydrogens (tertiary/aromatic N) is 3. The zero-order chi connectivity index (χ0) is 19.5. The van der Waals surface area contributed by atoms with Crippen LogP contribution in [-0.2, 0) is 6.54 Å². The van der Waals surface area contributed by atoms with Crippen LogP contribution in [0.25, 0.3) is 0 Å². The van der Waals surface area contributed by atoms with Crippen molar-refractivity contribution in [2.75, 3.05) is 31.1 Å². The average molecular weight is 384 g/mol. The molecule has 0 aliphatic carbocycles. The molecule has 4 rings (SSSR count). The average Bonchev–Trinajstić information content (AvgIpc) is 2.73. The second-order valence-corrected chi connectivity index (χ2v) is 7.81. The van der Waals surface area contributed by atoms with Gasteiger partial charge in [0, 0.05) is 30.9 Å². The maximum atomic E-state index is 13.3. The fraction of sp³-hybridized carbons (Fsp3) is 0.455. The summed E-state index contributed by atoms with van der Waals surface area (Å²) in [6.45, 7) is 4.79. The van der Waals surface area contributed by atoms with Gasteiger partial charge in [0.15, 0.2) is 0 Å². The van der Waals surface area contributed by atoms with E-state index in [1.165, 1.54) is 44.5 Å². The predicted octanol–water partition coefficient (Wildman–Crippen LogP) is 2.83. The molecule has 2 aliphatic heterocycles. The van der Waals surface area contributed by atoms with Crippen LogP contribution in [-0.4, -0.2) is 42.3 Å². The lowest BCUT2D eigenvalue weighted by Gasteiger charge is -2.47. The number of nitrogens with two attached hydrogens (primary N) is 2. The summed E-state index contributed by atoms with van der Waals surface area (Å²) < 4.78 is 13.3. The molecule has 0 aromatic heterocycles. The molecule has 1 saturated heterocycles. The van der Waals surface area contributed by atoms with Crippen LogP contribution in [0.4, 0.5) is 10.1 Å². The molecule has 150 valence electrons. The van der Waals surface area contributed by atoms with Gasteiger partial charge >= 0.3 is 0 Å². The maximum absolute atomic E-state index is 13.3. The quantitative estimate of drug-likeness (QED) is 0.831. The number of para-hydroxylation sites is 1. The lowest BCUT2D eigenvalue weighted by Crippen LogP contribution is -2.61. The number of fused-ring (bicyclic) bond motifs is 1. The number of halogens is 1. The van der Waals surface area contributed by atoms with Crippen LogP contribution in [0.1, 0.15) is 36.6 Å². The van der Waals surface area contributed by atoms with Crippen LogP contribution in [0.2, 0.25) is 0 Å². The second kappa shape index (κ2) is 8.57. The third kappa shape index (κ3) is 4.05. The molecule has 0 radical (unpaired) electrons. The van der Waals surface area contributed by atoms with Gasteiger partial charge in [-0.25, -0.2) is 9.29 Å². The first-order valence-corrected chi connectivity index (χ1v) is 10.2. The topological polar surface area (TPSA) is 61.8 Å². The van der Waals surface area contributed by atoms with Crippen molar-refractivity contribution in [2.24, 2.45) is 11.5 Å². The molecular formula is C22H30FN5. The standard InChI is InChI=1S/C22H30FN5/c23-18-10-8-17(9-11-18)16-28-21(24)19-6-2-3-7-20(19)27(22(28)25)15-14-26-12-4-1-5-13-26/h2-3,6-11,21-22H,1,4-5,12-16,24-25H2. The molecule has 0 spiro atoms. The summed E-state index contributed by atoms with van der Waals surface area (Å²) >= 11 is 0. The Balaban J connectivity index is 1.55. The molecule has 0 amide bonds. The van der Waals surface area contributed by atoms with Crippen molar-refractivity contribution in [1.82, 2.24) is 9.80 Å². The highest BCUT2D eigenvalue weighted by Gasteiger charge is 2.35. The summed E-state index contributed by atoms with van der Waals surface area (Å²) in [6, 6.07) is 14.8. The fourth-order valence-corrected chi connectivity index (χ4v) is 4.34. The largest absolute Gasteiger partial charge is 0.342 e. The Labute approximate surface area is 166 Å². The van der Waals surface area contributed by atoms with Crippen molar-refractivity contribution in [2.45, 2.75) is 38.3 Å². The van der Waals surface area contributed by atoms with Crippen molar-refractivity contribution >= 4 is 5.69 Å². The van der Waals surface area contributed by atoms with Crippen LogP contribution in [0.15, 0.2) is 48.5 Å². The predicted molar refractivity (Wildman–Crippen MR) is 111 cm³/mol. The number of benzene rings is 2. The Kier molecular flexibility index (Phi) is 5.92. The fourth-order valence-electron chi connectivity index (χ4n) is 4.34. The smallest absolute Gasteiger partial charge is 0.136 e. The van der Waals surface area contributed by atoms with Crippen molar-refractivity contribution in [3.8, 4) is 0 Å². The Morgan fingerprint density at radius 2 is 1.61 bits per heavy atom. The van der Waals surface area contributed by atoms with Crippen molar-refractivity contribution in [3.05, 3.63) is 65.5 Å². The van der Waals surface area contributed by atoms with E-state index >= 15 is 0 Å². The molecule has 1 fully saturated rings. The zero-order valence-corrected chi connectivity index (χ0v) is 16.3. The first-order chi connectivity index (χ1) is 13.6. The van der Waals surface area contributed by atoms with Gasteiger partial charge in [0.1, 0.15) is 12.1 Å². The Hall–Kier alpha value is -1.99. The van der Waals surface area contributed by atoms with E-state index in [9.17, 15) is 4.39 Å². The third-order valence-electron chi connectivity index (χ3n) is 5.97. The second-order valence-electron chi connectivity index (χ2n) is 7.81. The molecule has 0 bridgehead atoms.